The van der Waals surface area contributed by atoms with Crippen molar-refractivity contribution in [2.75, 3.05) is 6.26 Å². The smallest absolute Gasteiger partial charge is 0.0470 e. The van der Waals surface area contributed by atoms with Gasteiger partial charge in [-0.15, -0.1) is 11.8 Å². The third-order valence-electron chi connectivity index (χ3n) is 2.52. The maximum absolute atomic E-state index is 10.5. The topological polar surface area (TPSA) is 20.2 Å². The van der Waals surface area contributed by atoms with E-state index in [4.69, 9.17) is 6.26 Å². The number of benzene rings is 2. The summed E-state index contributed by atoms with van der Waals surface area (Å²) >= 11 is 1.67. The van der Waals surface area contributed by atoms with Gasteiger partial charge < -0.3 is 4.55 Å². The molecular formula is C14H14OS2. The molecule has 2 radical (unpaired) electrons. The summed E-state index contributed by atoms with van der Waals surface area (Å²) in [6.07, 6.45) is 8.10. The van der Waals surface area contributed by atoms with Crippen LogP contribution in [0.15, 0.2) is 69.3 Å². The zero-order valence-corrected chi connectivity index (χ0v) is 11.2. The van der Waals surface area contributed by atoms with Crippen LogP contribution in [0.2, 0.25) is 0 Å². The van der Waals surface area contributed by atoms with Gasteiger partial charge in [-0.1, -0.05) is 28.5 Å². The van der Waals surface area contributed by atoms with Crippen molar-refractivity contribution in [3.8, 4) is 0 Å². The van der Waals surface area contributed by atoms with Gasteiger partial charge in [0.25, 0.3) is 0 Å². The molecule has 3 heteroatoms. The van der Waals surface area contributed by atoms with E-state index in [1.807, 2.05) is 60.9 Å². The second-order valence-electron chi connectivity index (χ2n) is 3.61. The Hall–Kier alpha value is -0.900. The fourth-order valence-corrected chi connectivity index (χ4v) is 3.35. The lowest BCUT2D eigenvalue weighted by Gasteiger charge is -2.29. The Bertz CT molecular complexity index is 477. The van der Waals surface area contributed by atoms with Gasteiger partial charge in [-0.2, -0.15) is 0 Å². The zero-order valence-electron chi connectivity index (χ0n) is 9.54. The molecule has 0 saturated carbocycles. The number of hydrogen-bond acceptors (Lipinski definition) is 2. The van der Waals surface area contributed by atoms with Crippen LogP contribution in [0.3, 0.4) is 0 Å². The summed E-state index contributed by atoms with van der Waals surface area (Å²) in [5, 5.41) is 0. The van der Waals surface area contributed by atoms with E-state index in [2.05, 4.69) is 0 Å². The molecule has 0 bridgehead atoms. The van der Waals surface area contributed by atoms with Crippen molar-refractivity contribution >= 4 is 22.1 Å². The Morgan fingerprint density at radius 3 is 2.00 bits per heavy atom. The van der Waals surface area contributed by atoms with Crippen LogP contribution in [0.5, 0.6) is 0 Å². The molecule has 0 aliphatic carbocycles. The Kier molecular flexibility index (Phi) is 3.82. The molecule has 1 atom stereocenters. The third kappa shape index (κ3) is 2.68. The summed E-state index contributed by atoms with van der Waals surface area (Å²) < 4.78 is 10.5. The molecule has 2 aromatic rings. The van der Waals surface area contributed by atoms with E-state index in [0.717, 1.165) is 14.7 Å². The first-order valence-electron chi connectivity index (χ1n) is 5.17. The summed E-state index contributed by atoms with van der Waals surface area (Å²) in [6, 6.07) is 17.2. The fraction of sp³-hybridized carbons (Fsp3) is 0.0714. The standard InChI is InChI=1S/C14H14OS2/c1-16-12-8-10-14(11-9-12)17(2,15)13-6-4-3-5-7-13/h2-11,15H,1H3. The SMILES string of the molecule is [CH]S(O)(c1ccccc1)c1ccc(SC)cc1. The Labute approximate surface area is 108 Å². The molecule has 0 aliphatic heterocycles. The number of thioether (sulfide) groups is 1. The van der Waals surface area contributed by atoms with Crippen LogP contribution >= 0.6 is 22.1 Å². The van der Waals surface area contributed by atoms with Crippen LogP contribution < -0.4 is 0 Å². The zero-order chi connectivity index (χ0) is 12.3. The Balaban J connectivity index is 2.37. The summed E-state index contributed by atoms with van der Waals surface area (Å²) in [5.41, 5.74) is 0. The first-order valence-corrected chi connectivity index (χ1v) is 8.05. The van der Waals surface area contributed by atoms with Crippen molar-refractivity contribution < 1.29 is 4.55 Å². The van der Waals surface area contributed by atoms with Gasteiger partial charge in [0.1, 0.15) is 0 Å². The molecule has 0 amide bonds. The minimum atomic E-state index is -2.37. The maximum Gasteiger partial charge on any atom is 0.0470 e. The molecule has 2 rings (SSSR count). The minimum Gasteiger partial charge on any atom is -0.343 e. The van der Waals surface area contributed by atoms with Gasteiger partial charge in [0.2, 0.25) is 0 Å². The van der Waals surface area contributed by atoms with Crippen molar-refractivity contribution in [1.82, 2.24) is 0 Å². The monoisotopic (exact) mass is 262 g/mol. The predicted molar refractivity (Wildman–Crippen MR) is 75.7 cm³/mol. The maximum atomic E-state index is 10.5. The second-order valence-corrected chi connectivity index (χ2v) is 6.69. The van der Waals surface area contributed by atoms with E-state index < -0.39 is 10.3 Å². The molecular weight excluding hydrogens is 248 g/mol. The van der Waals surface area contributed by atoms with E-state index in [-0.39, 0.29) is 0 Å². The average molecular weight is 262 g/mol. The highest BCUT2D eigenvalue weighted by atomic mass is 32.3. The molecule has 0 aliphatic rings. The first-order chi connectivity index (χ1) is 8.14. The van der Waals surface area contributed by atoms with Gasteiger partial charge in [0.15, 0.2) is 0 Å². The summed E-state index contributed by atoms with van der Waals surface area (Å²) in [4.78, 5) is 2.72. The summed E-state index contributed by atoms with van der Waals surface area (Å²) in [5.74, 6) is 0. The number of rotatable bonds is 3. The molecule has 1 nitrogen and oxygen atoms in total. The average Bonchev–Trinajstić information content (AvgIpc) is 2.40. The van der Waals surface area contributed by atoms with Crippen LogP contribution in [-0.4, -0.2) is 10.8 Å². The quantitative estimate of drug-likeness (QED) is 0.804. The molecule has 0 aromatic heterocycles. The van der Waals surface area contributed by atoms with Crippen LogP contribution in [0, 0.1) is 6.26 Å². The van der Waals surface area contributed by atoms with Gasteiger partial charge in [0, 0.05) is 20.9 Å². The molecule has 17 heavy (non-hydrogen) atoms. The van der Waals surface area contributed by atoms with Gasteiger partial charge >= 0.3 is 0 Å². The molecule has 1 unspecified atom stereocenters. The molecule has 88 valence electrons. The van der Waals surface area contributed by atoms with Gasteiger partial charge in [-0.05, 0) is 42.7 Å². The van der Waals surface area contributed by atoms with Crippen LogP contribution in [0.25, 0.3) is 0 Å². The highest BCUT2D eigenvalue weighted by Crippen LogP contribution is 2.57. The van der Waals surface area contributed by atoms with Crippen molar-refractivity contribution in [2.24, 2.45) is 0 Å². The molecule has 1 N–H and O–H groups in total. The summed E-state index contributed by atoms with van der Waals surface area (Å²) in [6.45, 7) is 0. The summed E-state index contributed by atoms with van der Waals surface area (Å²) in [7, 11) is -2.37. The normalized spacial score (nSPS) is 16.2. The van der Waals surface area contributed by atoms with E-state index in [9.17, 15) is 4.55 Å². The largest absolute Gasteiger partial charge is 0.343 e. The van der Waals surface area contributed by atoms with Gasteiger partial charge in [-0.25, -0.2) is 0 Å². The van der Waals surface area contributed by atoms with Crippen LogP contribution in [0.4, 0.5) is 0 Å². The highest BCUT2D eigenvalue weighted by Gasteiger charge is 2.19. The van der Waals surface area contributed by atoms with Crippen LogP contribution in [0.1, 0.15) is 0 Å². The van der Waals surface area contributed by atoms with E-state index >= 15 is 0 Å². The molecule has 2 aromatic carbocycles. The lowest BCUT2D eigenvalue weighted by molar-refractivity contribution is 0.633. The van der Waals surface area contributed by atoms with Crippen LogP contribution in [-0.2, 0) is 0 Å². The first kappa shape index (κ1) is 12.6. The molecule has 0 heterocycles. The van der Waals surface area contributed by atoms with Gasteiger partial charge in [0.05, 0.1) is 0 Å². The van der Waals surface area contributed by atoms with Crippen molar-refractivity contribution in [2.45, 2.75) is 14.7 Å². The van der Waals surface area contributed by atoms with Crippen molar-refractivity contribution in [1.29, 1.82) is 0 Å². The van der Waals surface area contributed by atoms with Crippen molar-refractivity contribution in [3.05, 3.63) is 60.9 Å². The Morgan fingerprint density at radius 1 is 0.941 bits per heavy atom. The number of hydrogen-bond donors (Lipinski definition) is 1. The third-order valence-corrected chi connectivity index (χ3v) is 5.25. The van der Waals surface area contributed by atoms with E-state index in [0.29, 0.717) is 0 Å². The van der Waals surface area contributed by atoms with Crippen molar-refractivity contribution in [3.63, 3.8) is 0 Å². The highest BCUT2D eigenvalue weighted by molar-refractivity contribution is 8.30. The predicted octanol–water partition coefficient (Wildman–Crippen LogP) is 4.77. The molecule has 0 spiro atoms. The fourth-order valence-electron chi connectivity index (χ4n) is 1.55. The lowest BCUT2D eigenvalue weighted by atomic mass is 10.4. The lowest BCUT2D eigenvalue weighted by Crippen LogP contribution is -1.95. The van der Waals surface area contributed by atoms with Gasteiger partial charge in [-0.3, -0.25) is 0 Å². The Morgan fingerprint density at radius 2 is 1.47 bits per heavy atom. The molecule has 0 fully saturated rings. The second kappa shape index (κ2) is 5.17. The van der Waals surface area contributed by atoms with E-state index in [1.54, 1.807) is 11.8 Å². The van der Waals surface area contributed by atoms with E-state index in [1.165, 1.54) is 0 Å². The molecule has 0 saturated heterocycles. The minimum absolute atomic E-state index is 0.775.